The summed E-state index contributed by atoms with van der Waals surface area (Å²) in [5.41, 5.74) is -1.13. The fourth-order valence-corrected chi connectivity index (χ4v) is 1.46. The molecule has 6 heteroatoms. The van der Waals surface area contributed by atoms with Gasteiger partial charge in [0.1, 0.15) is 0 Å². The Hall–Kier alpha value is -1.49. The number of rotatable bonds is 4. The minimum absolute atomic E-state index is 0.223. The molecule has 0 heterocycles. The van der Waals surface area contributed by atoms with Gasteiger partial charge in [-0.1, -0.05) is 18.2 Å². The van der Waals surface area contributed by atoms with Crippen molar-refractivity contribution in [1.29, 1.82) is 0 Å². The van der Waals surface area contributed by atoms with Gasteiger partial charge in [0.15, 0.2) is 0 Å². The average molecular weight is 279 g/mol. The zero-order valence-electron chi connectivity index (χ0n) is 9.17. The fourth-order valence-electron chi connectivity index (χ4n) is 1.34. The maximum atomic E-state index is 12.4. The fraction of sp³-hybridized carbons (Fsp3) is 0.250. The van der Waals surface area contributed by atoms with Gasteiger partial charge in [-0.3, -0.25) is 0 Å². The third-order valence-corrected chi connectivity index (χ3v) is 2.40. The van der Waals surface area contributed by atoms with Gasteiger partial charge in [-0.15, -0.1) is 11.6 Å². The van der Waals surface area contributed by atoms with Gasteiger partial charge in [0, 0.05) is 5.88 Å². The Kier molecular flexibility index (Phi) is 4.78. The number of aromatic carboxylic acids is 1. The van der Waals surface area contributed by atoms with Crippen molar-refractivity contribution >= 4 is 23.6 Å². The summed E-state index contributed by atoms with van der Waals surface area (Å²) in [6.07, 6.45) is -0.974. The molecule has 98 valence electrons. The molecule has 0 radical (unpaired) electrons. The molecule has 0 aliphatic heterocycles. The Morgan fingerprint density at radius 3 is 2.56 bits per heavy atom. The summed E-state index contributed by atoms with van der Waals surface area (Å²) in [5, 5.41) is 8.89. The number of halogens is 4. The molecule has 0 aromatic heterocycles. The first-order chi connectivity index (χ1) is 8.36. The highest BCUT2D eigenvalue weighted by molar-refractivity contribution is 6.17. The van der Waals surface area contributed by atoms with Gasteiger partial charge in [-0.2, -0.15) is 13.2 Å². The SMILES string of the molecule is O=C(O)c1cc(C(F)(F)F)ccc1C=CCCCl. The molecule has 0 fully saturated rings. The molecule has 0 atom stereocenters. The van der Waals surface area contributed by atoms with Crippen molar-refractivity contribution in [2.24, 2.45) is 0 Å². The number of hydrogen-bond donors (Lipinski definition) is 1. The summed E-state index contributed by atoms with van der Waals surface area (Å²) in [5.74, 6) is -1.04. The molecule has 0 saturated heterocycles. The van der Waals surface area contributed by atoms with E-state index in [-0.39, 0.29) is 11.1 Å². The summed E-state index contributed by atoms with van der Waals surface area (Å²) in [6, 6.07) is 2.62. The van der Waals surface area contributed by atoms with Crippen LogP contribution < -0.4 is 0 Å². The van der Waals surface area contributed by atoms with Crippen LogP contribution in [0.2, 0.25) is 0 Å². The Balaban J connectivity index is 3.17. The highest BCUT2D eigenvalue weighted by Crippen LogP contribution is 2.30. The molecule has 1 aromatic rings. The van der Waals surface area contributed by atoms with Crippen LogP contribution in [0.3, 0.4) is 0 Å². The molecule has 0 amide bonds. The van der Waals surface area contributed by atoms with E-state index >= 15 is 0 Å². The highest BCUT2D eigenvalue weighted by Gasteiger charge is 2.31. The standard InChI is InChI=1S/C12H10ClF3O2/c13-6-2-1-3-8-4-5-9(12(14,15)16)7-10(8)11(17)18/h1,3-5,7H,2,6H2,(H,17,18). The average Bonchev–Trinajstić information content (AvgIpc) is 2.28. The molecule has 1 N–H and O–H groups in total. The van der Waals surface area contributed by atoms with Gasteiger partial charge in [0.25, 0.3) is 0 Å². The van der Waals surface area contributed by atoms with E-state index in [0.29, 0.717) is 18.4 Å². The smallest absolute Gasteiger partial charge is 0.416 e. The minimum atomic E-state index is -4.55. The van der Waals surface area contributed by atoms with E-state index in [1.807, 2.05) is 0 Å². The first kappa shape index (κ1) is 14.6. The van der Waals surface area contributed by atoms with Crippen LogP contribution in [0, 0.1) is 0 Å². The number of carboxylic acids is 1. The van der Waals surface area contributed by atoms with Gasteiger partial charge in [0.05, 0.1) is 11.1 Å². The molecule has 1 aromatic carbocycles. The number of carboxylic acid groups (broad SMARTS) is 1. The molecule has 0 saturated carbocycles. The number of alkyl halides is 4. The van der Waals surface area contributed by atoms with Gasteiger partial charge >= 0.3 is 12.1 Å². The zero-order chi connectivity index (χ0) is 13.8. The Morgan fingerprint density at radius 1 is 1.39 bits per heavy atom. The largest absolute Gasteiger partial charge is 0.478 e. The van der Waals surface area contributed by atoms with Crippen LogP contribution >= 0.6 is 11.6 Å². The van der Waals surface area contributed by atoms with Gasteiger partial charge in [0.2, 0.25) is 0 Å². The Labute approximate surface area is 107 Å². The van der Waals surface area contributed by atoms with Crippen molar-refractivity contribution in [3.05, 3.63) is 41.0 Å². The first-order valence-electron chi connectivity index (χ1n) is 5.03. The lowest BCUT2D eigenvalue weighted by atomic mass is 10.0. The van der Waals surface area contributed by atoms with E-state index in [2.05, 4.69) is 0 Å². The number of benzene rings is 1. The molecule has 0 unspecified atom stereocenters. The van der Waals surface area contributed by atoms with Crippen molar-refractivity contribution in [2.75, 3.05) is 5.88 Å². The van der Waals surface area contributed by atoms with Crippen LogP contribution in [0.25, 0.3) is 6.08 Å². The van der Waals surface area contributed by atoms with Crippen LogP contribution in [-0.2, 0) is 6.18 Å². The van der Waals surface area contributed by atoms with Crippen LogP contribution in [-0.4, -0.2) is 17.0 Å². The van der Waals surface area contributed by atoms with E-state index in [4.69, 9.17) is 16.7 Å². The van der Waals surface area contributed by atoms with E-state index in [1.165, 1.54) is 6.08 Å². The lowest BCUT2D eigenvalue weighted by Crippen LogP contribution is -2.08. The number of allylic oxidation sites excluding steroid dienone is 1. The third kappa shape index (κ3) is 3.77. The van der Waals surface area contributed by atoms with Crippen molar-refractivity contribution < 1.29 is 23.1 Å². The number of carbonyl (C=O) groups is 1. The maximum Gasteiger partial charge on any atom is 0.416 e. The lowest BCUT2D eigenvalue weighted by molar-refractivity contribution is -0.137. The second kappa shape index (κ2) is 5.91. The van der Waals surface area contributed by atoms with Crippen LogP contribution in [0.15, 0.2) is 24.3 Å². The summed E-state index contributed by atoms with van der Waals surface area (Å²) < 4.78 is 37.3. The van der Waals surface area contributed by atoms with Gasteiger partial charge in [-0.25, -0.2) is 4.79 Å². The van der Waals surface area contributed by atoms with Crippen molar-refractivity contribution in [3.63, 3.8) is 0 Å². The van der Waals surface area contributed by atoms with Crippen molar-refractivity contribution in [1.82, 2.24) is 0 Å². The van der Waals surface area contributed by atoms with E-state index < -0.39 is 17.7 Å². The summed E-state index contributed by atoms with van der Waals surface area (Å²) in [6.45, 7) is 0. The Bertz CT molecular complexity index is 467. The highest BCUT2D eigenvalue weighted by atomic mass is 35.5. The van der Waals surface area contributed by atoms with Crippen molar-refractivity contribution in [3.8, 4) is 0 Å². The van der Waals surface area contributed by atoms with Crippen LogP contribution in [0.5, 0.6) is 0 Å². The molecule has 1 rings (SSSR count). The lowest BCUT2D eigenvalue weighted by Gasteiger charge is -2.09. The maximum absolute atomic E-state index is 12.4. The topological polar surface area (TPSA) is 37.3 Å². The Morgan fingerprint density at radius 2 is 2.06 bits per heavy atom. The van der Waals surface area contributed by atoms with Crippen LogP contribution in [0.1, 0.15) is 27.9 Å². The third-order valence-electron chi connectivity index (χ3n) is 2.18. The molecule has 0 bridgehead atoms. The first-order valence-corrected chi connectivity index (χ1v) is 5.56. The molecule has 18 heavy (non-hydrogen) atoms. The molecule has 0 aliphatic carbocycles. The predicted octanol–water partition coefficient (Wildman–Crippen LogP) is 4.05. The van der Waals surface area contributed by atoms with Crippen LogP contribution in [0.4, 0.5) is 13.2 Å². The monoisotopic (exact) mass is 278 g/mol. The minimum Gasteiger partial charge on any atom is -0.478 e. The quantitative estimate of drug-likeness (QED) is 0.844. The summed E-state index contributed by atoms with van der Waals surface area (Å²) in [7, 11) is 0. The van der Waals surface area contributed by atoms with E-state index in [1.54, 1.807) is 6.08 Å². The second-order valence-electron chi connectivity index (χ2n) is 3.48. The van der Waals surface area contributed by atoms with Gasteiger partial charge < -0.3 is 5.11 Å². The second-order valence-corrected chi connectivity index (χ2v) is 3.86. The van der Waals surface area contributed by atoms with Crippen molar-refractivity contribution in [2.45, 2.75) is 12.6 Å². The molecular weight excluding hydrogens is 269 g/mol. The summed E-state index contributed by atoms with van der Waals surface area (Å²) in [4.78, 5) is 10.9. The molecular formula is C12H10ClF3O2. The predicted molar refractivity (Wildman–Crippen MR) is 62.8 cm³/mol. The normalized spacial score (nSPS) is 12.0. The summed E-state index contributed by atoms with van der Waals surface area (Å²) >= 11 is 5.44. The van der Waals surface area contributed by atoms with E-state index in [9.17, 15) is 18.0 Å². The van der Waals surface area contributed by atoms with Gasteiger partial charge in [-0.05, 0) is 24.1 Å². The zero-order valence-corrected chi connectivity index (χ0v) is 9.92. The molecule has 2 nitrogen and oxygen atoms in total. The number of hydrogen-bond acceptors (Lipinski definition) is 1. The molecule has 0 spiro atoms. The molecule has 0 aliphatic rings. The van der Waals surface area contributed by atoms with E-state index in [0.717, 1.165) is 12.1 Å².